The molecule has 0 fully saturated rings. The van der Waals surface area contributed by atoms with Gasteiger partial charge in [0.2, 0.25) is 0 Å². The van der Waals surface area contributed by atoms with Crippen molar-refractivity contribution in [2.24, 2.45) is 0 Å². The summed E-state index contributed by atoms with van der Waals surface area (Å²) < 4.78 is 17.8. The van der Waals surface area contributed by atoms with Crippen molar-refractivity contribution in [3.8, 4) is 10.6 Å². The molecule has 0 radical (unpaired) electrons. The molecule has 1 N–H and O–H groups in total. The summed E-state index contributed by atoms with van der Waals surface area (Å²) in [5, 5.41) is 5.17. The molecule has 1 amide bonds. The molecule has 0 spiro atoms. The molecule has 0 aliphatic carbocycles. The first-order valence-corrected chi connectivity index (χ1v) is 6.99. The minimum absolute atomic E-state index is 0.0801. The predicted molar refractivity (Wildman–Crippen MR) is 76.3 cm³/mol. The molecule has 0 saturated heterocycles. The van der Waals surface area contributed by atoms with Gasteiger partial charge in [-0.2, -0.15) is 0 Å². The third-order valence-corrected chi connectivity index (χ3v) is 3.51. The molecule has 0 aliphatic heterocycles. The molecule has 2 aromatic rings. The van der Waals surface area contributed by atoms with E-state index in [1.54, 1.807) is 24.6 Å². The molecular formula is C14H15FN2O2S. The zero-order chi connectivity index (χ0) is 14.5. The summed E-state index contributed by atoms with van der Waals surface area (Å²) in [6, 6.07) is 5.95. The lowest BCUT2D eigenvalue weighted by Crippen LogP contribution is -2.35. The second kappa shape index (κ2) is 6.58. The van der Waals surface area contributed by atoms with Gasteiger partial charge in [-0.1, -0.05) is 0 Å². The van der Waals surface area contributed by atoms with Crippen LogP contribution in [-0.4, -0.2) is 30.6 Å². The molecule has 20 heavy (non-hydrogen) atoms. The van der Waals surface area contributed by atoms with E-state index in [0.717, 1.165) is 5.56 Å². The Morgan fingerprint density at radius 2 is 2.15 bits per heavy atom. The number of hydrogen-bond acceptors (Lipinski definition) is 4. The van der Waals surface area contributed by atoms with Gasteiger partial charge in [0, 0.05) is 24.1 Å². The van der Waals surface area contributed by atoms with E-state index in [-0.39, 0.29) is 17.8 Å². The number of ether oxygens (including phenoxy) is 1. The normalized spacial score (nSPS) is 12.2. The predicted octanol–water partition coefficient (Wildman–Crippen LogP) is 2.71. The Hall–Kier alpha value is -1.79. The average Bonchev–Trinajstić information content (AvgIpc) is 2.89. The van der Waals surface area contributed by atoms with Gasteiger partial charge in [-0.3, -0.25) is 4.79 Å². The quantitative estimate of drug-likeness (QED) is 0.922. The van der Waals surface area contributed by atoms with Gasteiger partial charge >= 0.3 is 0 Å². The van der Waals surface area contributed by atoms with E-state index in [4.69, 9.17) is 4.74 Å². The number of nitrogens with one attached hydrogen (secondary N) is 1. The van der Waals surface area contributed by atoms with Crippen LogP contribution in [0.15, 0.2) is 29.6 Å². The molecule has 1 heterocycles. The maximum absolute atomic E-state index is 12.9. The number of carbonyl (C=O) groups is 1. The van der Waals surface area contributed by atoms with Gasteiger partial charge in [0.1, 0.15) is 16.5 Å². The van der Waals surface area contributed by atoms with Crippen LogP contribution in [0.4, 0.5) is 4.39 Å². The van der Waals surface area contributed by atoms with E-state index in [0.29, 0.717) is 17.3 Å². The third-order valence-electron chi connectivity index (χ3n) is 2.62. The highest BCUT2D eigenvalue weighted by Crippen LogP contribution is 2.23. The third kappa shape index (κ3) is 3.61. The number of benzene rings is 1. The number of amides is 1. The van der Waals surface area contributed by atoms with Crippen LogP contribution >= 0.6 is 11.3 Å². The zero-order valence-electron chi connectivity index (χ0n) is 11.2. The van der Waals surface area contributed by atoms with Gasteiger partial charge in [0.05, 0.1) is 6.61 Å². The summed E-state index contributed by atoms with van der Waals surface area (Å²) in [7, 11) is 1.58. The monoisotopic (exact) mass is 294 g/mol. The van der Waals surface area contributed by atoms with E-state index in [1.807, 2.05) is 6.92 Å². The fraction of sp³-hybridized carbons (Fsp3) is 0.286. The maximum atomic E-state index is 12.9. The number of nitrogens with zero attached hydrogens (tertiary/aromatic N) is 1. The van der Waals surface area contributed by atoms with Crippen molar-refractivity contribution in [3.05, 3.63) is 41.2 Å². The summed E-state index contributed by atoms with van der Waals surface area (Å²) in [4.78, 5) is 16.2. The number of thiazole rings is 1. The molecule has 1 unspecified atom stereocenters. The van der Waals surface area contributed by atoms with E-state index in [9.17, 15) is 9.18 Å². The minimum Gasteiger partial charge on any atom is -0.383 e. The van der Waals surface area contributed by atoms with Crippen molar-refractivity contribution < 1.29 is 13.9 Å². The molecule has 1 aromatic carbocycles. The van der Waals surface area contributed by atoms with Gasteiger partial charge in [-0.25, -0.2) is 9.37 Å². The summed E-state index contributed by atoms with van der Waals surface area (Å²) >= 11 is 1.35. The summed E-state index contributed by atoms with van der Waals surface area (Å²) in [6.45, 7) is 2.30. The standard InChI is InChI=1S/C14H15FN2O2S/c1-9(7-19-2)16-13(18)12-8-20-14(17-12)10-3-5-11(15)6-4-10/h3-6,8-9H,7H2,1-2H3,(H,16,18). The Kier molecular flexibility index (Phi) is 4.81. The molecule has 1 aromatic heterocycles. The van der Waals surface area contributed by atoms with Crippen LogP contribution in [0.1, 0.15) is 17.4 Å². The fourth-order valence-electron chi connectivity index (χ4n) is 1.69. The highest BCUT2D eigenvalue weighted by atomic mass is 32.1. The second-order valence-corrected chi connectivity index (χ2v) is 5.23. The number of methoxy groups -OCH3 is 1. The largest absolute Gasteiger partial charge is 0.383 e. The smallest absolute Gasteiger partial charge is 0.271 e. The van der Waals surface area contributed by atoms with E-state index >= 15 is 0 Å². The summed E-state index contributed by atoms with van der Waals surface area (Å²) in [5.41, 5.74) is 1.15. The lowest BCUT2D eigenvalue weighted by molar-refractivity contribution is 0.0901. The first kappa shape index (κ1) is 14.6. The highest BCUT2D eigenvalue weighted by Gasteiger charge is 2.14. The van der Waals surface area contributed by atoms with Crippen LogP contribution in [0.2, 0.25) is 0 Å². The van der Waals surface area contributed by atoms with Crippen LogP contribution in [0.25, 0.3) is 10.6 Å². The van der Waals surface area contributed by atoms with E-state index in [1.165, 1.54) is 23.5 Å². The van der Waals surface area contributed by atoms with Crippen LogP contribution in [-0.2, 0) is 4.74 Å². The van der Waals surface area contributed by atoms with Gasteiger partial charge in [-0.05, 0) is 31.2 Å². The number of halogens is 1. The molecule has 0 aliphatic rings. The molecule has 6 heteroatoms. The molecule has 2 rings (SSSR count). The van der Waals surface area contributed by atoms with E-state index in [2.05, 4.69) is 10.3 Å². The Bertz CT molecular complexity index is 583. The van der Waals surface area contributed by atoms with E-state index < -0.39 is 0 Å². The first-order chi connectivity index (χ1) is 9.60. The van der Waals surface area contributed by atoms with Crippen molar-refractivity contribution in [1.82, 2.24) is 10.3 Å². The zero-order valence-corrected chi connectivity index (χ0v) is 12.0. The van der Waals surface area contributed by atoms with Crippen molar-refractivity contribution >= 4 is 17.2 Å². The molecular weight excluding hydrogens is 279 g/mol. The Labute approximate surface area is 120 Å². The number of hydrogen-bond donors (Lipinski definition) is 1. The average molecular weight is 294 g/mol. The SMILES string of the molecule is COCC(C)NC(=O)c1csc(-c2ccc(F)cc2)n1. The van der Waals surface area contributed by atoms with Crippen molar-refractivity contribution in [1.29, 1.82) is 0 Å². The van der Waals surface area contributed by atoms with Crippen LogP contribution in [0, 0.1) is 5.82 Å². The van der Waals surface area contributed by atoms with Gasteiger partial charge < -0.3 is 10.1 Å². The van der Waals surface area contributed by atoms with Crippen LogP contribution in [0.5, 0.6) is 0 Å². The van der Waals surface area contributed by atoms with Crippen molar-refractivity contribution in [2.75, 3.05) is 13.7 Å². The minimum atomic E-state index is -0.295. The Morgan fingerprint density at radius 3 is 2.80 bits per heavy atom. The Morgan fingerprint density at radius 1 is 1.45 bits per heavy atom. The summed E-state index contributed by atoms with van der Waals surface area (Å²) in [5.74, 6) is -0.532. The first-order valence-electron chi connectivity index (χ1n) is 6.11. The maximum Gasteiger partial charge on any atom is 0.271 e. The fourth-order valence-corrected chi connectivity index (χ4v) is 2.50. The molecule has 106 valence electrons. The van der Waals surface area contributed by atoms with Gasteiger partial charge in [-0.15, -0.1) is 11.3 Å². The van der Waals surface area contributed by atoms with Crippen LogP contribution < -0.4 is 5.32 Å². The topological polar surface area (TPSA) is 51.2 Å². The van der Waals surface area contributed by atoms with Crippen molar-refractivity contribution in [3.63, 3.8) is 0 Å². The van der Waals surface area contributed by atoms with Gasteiger partial charge in [0.15, 0.2) is 0 Å². The second-order valence-electron chi connectivity index (χ2n) is 4.37. The Balaban J connectivity index is 2.08. The van der Waals surface area contributed by atoms with Gasteiger partial charge in [0.25, 0.3) is 5.91 Å². The molecule has 4 nitrogen and oxygen atoms in total. The summed E-state index contributed by atoms with van der Waals surface area (Å²) in [6.07, 6.45) is 0. The lowest BCUT2D eigenvalue weighted by Gasteiger charge is -2.11. The lowest BCUT2D eigenvalue weighted by atomic mass is 10.2. The molecule has 0 bridgehead atoms. The number of rotatable bonds is 5. The number of aromatic nitrogens is 1. The van der Waals surface area contributed by atoms with Crippen molar-refractivity contribution in [2.45, 2.75) is 13.0 Å². The molecule has 0 saturated carbocycles. The highest BCUT2D eigenvalue weighted by molar-refractivity contribution is 7.13. The van der Waals surface area contributed by atoms with Crippen LogP contribution in [0.3, 0.4) is 0 Å². The molecule has 1 atom stereocenters. The number of carbonyl (C=O) groups excluding carboxylic acids is 1.